The normalized spacial score (nSPS) is 12.0. The molecule has 2 aromatic rings. The van der Waals surface area contributed by atoms with Crippen molar-refractivity contribution < 1.29 is 24.0 Å². The van der Waals surface area contributed by atoms with Crippen LogP contribution in [0, 0.1) is 5.92 Å². The Labute approximate surface area is 151 Å². The fraction of sp³-hybridized carbons (Fsp3) is 0.444. The van der Waals surface area contributed by atoms with Crippen molar-refractivity contribution >= 4 is 11.9 Å². The summed E-state index contributed by atoms with van der Waals surface area (Å²) >= 11 is 0. The molecule has 1 amide bonds. The number of hydrogen-bond donors (Lipinski definition) is 2. The standard InChI is InChI=1S/C18H23N3O5/c1-11(2)10-14(18(23)24)19-15(22)8-9-16-20-17(21-26-16)12-4-6-13(25-3)7-5-12/h4-7,11,14H,8-10H2,1-3H3,(H,19,22)(H,23,24)/t14-/m0/s1. The van der Waals surface area contributed by atoms with E-state index in [4.69, 9.17) is 14.4 Å². The maximum atomic E-state index is 12.0. The highest BCUT2D eigenvalue weighted by molar-refractivity contribution is 5.83. The smallest absolute Gasteiger partial charge is 0.326 e. The zero-order chi connectivity index (χ0) is 19.1. The predicted molar refractivity (Wildman–Crippen MR) is 93.6 cm³/mol. The van der Waals surface area contributed by atoms with Gasteiger partial charge in [-0.1, -0.05) is 19.0 Å². The van der Waals surface area contributed by atoms with Crippen LogP contribution in [0.5, 0.6) is 5.75 Å². The number of ether oxygens (including phenoxy) is 1. The molecule has 2 rings (SSSR count). The molecule has 0 aliphatic heterocycles. The maximum absolute atomic E-state index is 12.0. The summed E-state index contributed by atoms with van der Waals surface area (Å²) in [5.74, 6) is 0.241. The molecule has 1 heterocycles. The molecule has 0 fully saturated rings. The van der Waals surface area contributed by atoms with Gasteiger partial charge in [-0.15, -0.1) is 0 Å². The second-order valence-corrected chi connectivity index (χ2v) is 6.33. The van der Waals surface area contributed by atoms with Crippen molar-refractivity contribution in [1.29, 1.82) is 0 Å². The van der Waals surface area contributed by atoms with Crippen LogP contribution in [0.3, 0.4) is 0 Å². The Bertz CT molecular complexity index is 740. The van der Waals surface area contributed by atoms with Gasteiger partial charge in [-0.2, -0.15) is 4.98 Å². The molecule has 0 aliphatic carbocycles. The van der Waals surface area contributed by atoms with E-state index >= 15 is 0 Å². The highest BCUT2D eigenvalue weighted by Gasteiger charge is 2.21. The number of aliphatic carboxylic acids is 1. The van der Waals surface area contributed by atoms with Crippen LogP contribution >= 0.6 is 0 Å². The summed E-state index contributed by atoms with van der Waals surface area (Å²) in [4.78, 5) is 27.4. The third kappa shape index (κ3) is 5.58. The summed E-state index contributed by atoms with van der Waals surface area (Å²) in [6.07, 6.45) is 0.693. The molecule has 2 N–H and O–H groups in total. The average Bonchev–Trinajstić information content (AvgIpc) is 3.08. The molecule has 0 radical (unpaired) electrons. The molecular formula is C18H23N3O5. The minimum atomic E-state index is -1.04. The van der Waals surface area contributed by atoms with Crippen LogP contribution in [0.25, 0.3) is 11.4 Å². The van der Waals surface area contributed by atoms with Crippen molar-refractivity contribution in [3.63, 3.8) is 0 Å². The number of carbonyl (C=O) groups excluding carboxylic acids is 1. The topological polar surface area (TPSA) is 115 Å². The molecular weight excluding hydrogens is 338 g/mol. The largest absolute Gasteiger partial charge is 0.497 e. The van der Waals surface area contributed by atoms with Gasteiger partial charge in [0.2, 0.25) is 17.6 Å². The summed E-state index contributed by atoms with van der Waals surface area (Å²) in [5, 5.41) is 15.6. The van der Waals surface area contributed by atoms with E-state index in [1.165, 1.54) is 0 Å². The Balaban J connectivity index is 1.90. The van der Waals surface area contributed by atoms with Crippen LogP contribution in [0.2, 0.25) is 0 Å². The third-order valence-electron chi connectivity index (χ3n) is 3.72. The van der Waals surface area contributed by atoms with Crippen molar-refractivity contribution in [3.8, 4) is 17.1 Å². The first-order valence-electron chi connectivity index (χ1n) is 8.38. The Hall–Kier alpha value is -2.90. The van der Waals surface area contributed by atoms with Crippen LogP contribution in [-0.4, -0.2) is 40.3 Å². The van der Waals surface area contributed by atoms with E-state index in [-0.39, 0.29) is 24.7 Å². The van der Waals surface area contributed by atoms with E-state index in [0.717, 1.165) is 11.3 Å². The molecule has 1 atom stereocenters. The molecule has 0 saturated heterocycles. The van der Waals surface area contributed by atoms with Crippen LogP contribution < -0.4 is 10.1 Å². The number of aryl methyl sites for hydroxylation is 1. The van der Waals surface area contributed by atoms with Gasteiger partial charge in [-0.25, -0.2) is 4.79 Å². The fourth-order valence-electron chi connectivity index (χ4n) is 2.39. The lowest BCUT2D eigenvalue weighted by atomic mass is 10.0. The highest BCUT2D eigenvalue weighted by Crippen LogP contribution is 2.20. The van der Waals surface area contributed by atoms with E-state index < -0.39 is 12.0 Å². The van der Waals surface area contributed by atoms with Gasteiger partial charge < -0.3 is 19.7 Å². The van der Waals surface area contributed by atoms with Crippen LogP contribution in [-0.2, 0) is 16.0 Å². The lowest BCUT2D eigenvalue weighted by Crippen LogP contribution is -2.41. The second kappa shape index (κ2) is 8.98. The first-order valence-corrected chi connectivity index (χ1v) is 8.38. The lowest BCUT2D eigenvalue weighted by molar-refractivity contribution is -0.142. The number of carbonyl (C=O) groups is 2. The number of rotatable bonds is 9. The Morgan fingerprint density at radius 3 is 2.54 bits per heavy atom. The monoisotopic (exact) mass is 361 g/mol. The SMILES string of the molecule is COc1ccc(-c2noc(CCC(=O)N[C@@H](CC(C)C)C(=O)O)n2)cc1. The molecule has 0 bridgehead atoms. The van der Waals surface area contributed by atoms with Gasteiger partial charge in [0.25, 0.3) is 0 Å². The summed E-state index contributed by atoms with van der Waals surface area (Å²) in [6, 6.07) is 6.31. The molecule has 8 heteroatoms. The molecule has 1 aromatic carbocycles. The Morgan fingerprint density at radius 1 is 1.27 bits per heavy atom. The number of carboxylic acid groups (broad SMARTS) is 1. The number of aromatic nitrogens is 2. The zero-order valence-corrected chi connectivity index (χ0v) is 15.1. The molecule has 26 heavy (non-hydrogen) atoms. The molecule has 0 aliphatic rings. The third-order valence-corrected chi connectivity index (χ3v) is 3.72. The van der Waals surface area contributed by atoms with Crippen molar-refractivity contribution in [2.75, 3.05) is 7.11 Å². The summed E-state index contributed by atoms with van der Waals surface area (Å²) in [5.41, 5.74) is 0.771. The van der Waals surface area contributed by atoms with Crippen LogP contribution in [0.4, 0.5) is 0 Å². The average molecular weight is 361 g/mol. The van der Waals surface area contributed by atoms with E-state index in [9.17, 15) is 9.59 Å². The van der Waals surface area contributed by atoms with E-state index in [0.29, 0.717) is 18.1 Å². The zero-order valence-electron chi connectivity index (χ0n) is 15.1. The molecule has 140 valence electrons. The summed E-state index contributed by atoms with van der Waals surface area (Å²) < 4.78 is 10.3. The second-order valence-electron chi connectivity index (χ2n) is 6.33. The van der Waals surface area contributed by atoms with Crippen LogP contribution in [0.15, 0.2) is 28.8 Å². The number of hydrogen-bond acceptors (Lipinski definition) is 6. The lowest BCUT2D eigenvalue weighted by Gasteiger charge is -2.16. The van der Waals surface area contributed by atoms with Gasteiger partial charge >= 0.3 is 5.97 Å². The molecule has 1 aromatic heterocycles. The van der Waals surface area contributed by atoms with Gasteiger partial charge in [0.05, 0.1) is 7.11 Å². The maximum Gasteiger partial charge on any atom is 0.326 e. The van der Waals surface area contributed by atoms with Crippen molar-refractivity contribution in [2.45, 2.75) is 39.2 Å². The van der Waals surface area contributed by atoms with Gasteiger partial charge in [-0.3, -0.25) is 4.79 Å². The quantitative estimate of drug-likeness (QED) is 0.704. The van der Waals surface area contributed by atoms with Crippen molar-refractivity contribution in [1.82, 2.24) is 15.5 Å². The fourth-order valence-corrected chi connectivity index (χ4v) is 2.39. The molecule has 0 unspecified atom stereocenters. The number of carboxylic acids is 1. The summed E-state index contributed by atoms with van der Waals surface area (Å²) in [6.45, 7) is 3.81. The van der Waals surface area contributed by atoms with Gasteiger partial charge in [-0.05, 0) is 36.6 Å². The minimum Gasteiger partial charge on any atom is -0.497 e. The Kier molecular flexibility index (Phi) is 6.71. The van der Waals surface area contributed by atoms with Gasteiger partial charge in [0, 0.05) is 18.4 Å². The first-order chi connectivity index (χ1) is 12.4. The first kappa shape index (κ1) is 19.4. The highest BCUT2D eigenvalue weighted by atomic mass is 16.5. The molecule has 0 spiro atoms. The number of nitrogens with one attached hydrogen (secondary N) is 1. The number of amides is 1. The number of nitrogens with zero attached hydrogens (tertiary/aromatic N) is 2. The van der Waals surface area contributed by atoms with E-state index in [2.05, 4.69) is 15.5 Å². The van der Waals surface area contributed by atoms with Crippen molar-refractivity contribution in [2.24, 2.45) is 5.92 Å². The molecule has 0 saturated carbocycles. The molecule has 8 nitrogen and oxygen atoms in total. The van der Waals surface area contributed by atoms with Crippen molar-refractivity contribution in [3.05, 3.63) is 30.2 Å². The van der Waals surface area contributed by atoms with E-state index in [1.807, 2.05) is 26.0 Å². The van der Waals surface area contributed by atoms with Gasteiger partial charge in [0.15, 0.2) is 0 Å². The number of benzene rings is 1. The summed E-state index contributed by atoms with van der Waals surface area (Å²) in [7, 11) is 1.59. The van der Waals surface area contributed by atoms with Gasteiger partial charge in [0.1, 0.15) is 11.8 Å². The minimum absolute atomic E-state index is 0.0755. The Morgan fingerprint density at radius 2 is 1.96 bits per heavy atom. The van der Waals surface area contributed by atoms with E-state index in [1.54, 1.807) is 19.2 Å². The number of methoxy groups -OCH3 is 1. The van der Waals surface area contributed by atoms with Crippen LogP contribution in [0.1, 0.15) is 32.6 Å². The predicted octanol–water partition coefficient (Wildman–Crippen LogP) is 2.29.